The summed E-state index contributed by atoms with van der Waals surface area (Å²) in [7, 11) is 0. The predicted molar refractivity (Wildman–Crippen MR) is 55.2 cm³/mol. The molecule has 1 aliphatic carbocycles. The number of aromatic nitrogens is 3. The molecule has 1 fully saturated rings. The van der Waals surface area contributed by atoms with Crippen LogP contribution in [0.2, 0.25) is 0 Å². The van der Waals surface area contributed by atoms with E-state index in [2.05, 4.69) is 10.1 Å². The first kappa shape index (κ1) is 9.33. The summed E-state index contributed by atoms with van der Waals surface area (Å²) < 4.78 is 7.00. The molecule has 5 heteroatoms. The van der Waals surface area contributed by atoms with Gasteiger partial charge in [-0.05, 0) is 18.9 Å². The second kappa shape index (κ2) is 3.59. The van der Waals surface area contributed by atoms with Crippen LogP contribution in [0.3, 0.4) is 0 Å². The average Bonchev–Trinajstić information content (AvgIpc) is 2.88. The molecule has 2 aromatic rings. The van der Waals surface area contributed by atoms with Crippen molar-refractivity contribution in [1.82, 2.24) is 14.7 Å². The lowest BCUT2D eigenvalue weighted by atomic mass is 10.4. The Hall–Kier alpha value is -1.91. The Balaban J connectivity index is 1.74. The predicted octanol–water partition coefficient (Wildman–Crippen LogP) is 1.61. The molecular weight excluding hydrogens is 206 g/mol. The van der Waals surface area contributed by atoms with Gasteiger partial charge in [0.25, 0.3) is 0 Å². The highest BCUT2D eigenvalue weighted by molar-refractivity contribution is 5.74. The standard InChI is InChI=1S/C11H11N3O2/c15-7-8-3-4-14(5-8)6-10-12-11(13-16-10)9-1-2-9/h3-5,7,9H,1-2,6H2. The van der Waals surface area contributed by atoms with Crippen LogP contribution >= 0.6 is 0 Å². The first-order chi connectivity index (χ1) is 7.85. The van der Waals surface area contributed by atoms with Gasteiger partial charge in [0, 0.05) is 23.9 Å². The van der Waals surface area contributed by atoms with Gasteiger partial charge in [0.05, 0.1) is 0 Å². The Bertz CT molecular complexity index is 511. The second-order valence-electron chi connectivity index (χ2n) is 4.06. The third-order valence-corrected chi connectivity index (χ3v) is 2.65. The summed E-state index contributed by atoms with van der Waals surface area (Å²) in [6.07, 6.45) is 6.73. The van der Waals surface area contributed by atoms with Gasteiger partial charge in [-0.3, -0.25) is 4.79 Å². The van der Waals surface area contributed by atoms with Crippen molar-refractivity contribution in [3.05, 3.63) is 35.7 Å². The van der Waals surface area contributed by atoms with Crippen molar-refractivity contribution in [1.29, 1.82) is 0 Å². The van der Waals surface area contributed by atoms with Crippen LogP contribution in [0.1, 0.15) is 40.8 Å². The molecule has 16 heavy (non-hydrogen) atoms. The zero-order chi connectivity index (χ0) is 11.0. The number of carbonyl (C=O) groups is 1. The minimum atomic E-state index is 0.507. The minimum absolute atomic E-state index is 0.507. The van der Waals surface area contributed by atoms with Gasteiger partial charge in [0.2, 0.25) is 5.89 Å². The van der Waals surface area contributed by atoms with E-state index in [1.165, 1.54) is 0 Å². The maximum Gasteiger partial charge on any atom is 0.246 e. The van der Waals surface area contributed by atoms with Crippen molar-refractivity contribution in [3.63, 3.8) is 0 Å². The minimum Gasteiger partial charge on any atom is -0.344 e. The topological polar surface area (TPSA) is 60.9 Å². The van der Waals surface area contributed by atoms with Crippen molar-refractivity contribution in [2.75, 3.05) is 0 Å². The zero-order valence-electron chi connectivity index (χ0n) is 8.67. The highest BCUT2D eigenvalue weighted by Crippen LogP contribution is 2.38. The number of carbonyl (C=O) groups excluding carboxylic acids is 1. The maximum absolute atomic E-state index is 10.5. The molecule has 0 N–H and O–H groups in total. The van der Waals surface area contributed by atoms with Gasteiger partial charge in [-0.1, -0.05) is 5.16 Å². The molecule has 0 saturated heterocycles. The van der Waals surface area contributed by atoms with Gasteiger partial charge in [-0.15, -0.1) is 0 Å². The quantitative estimate of drug-likeness (QED) is 0.730. The van der Waals surface area contributed by atoms with E-state index in [9.17, 15) is 4.79 Å². The van der Waals surface area contributed by atoms with Gasteiger partial charge in [0.15, 0.2) is 12.1 Å². The number of nitrogens with zero attached hydrogens (tertiary/aromatic N) is 3. The van der Waals surface area contributed by atoms with E-state index in [0.717, 1.165) is 25.0 Å². The third kappa shape index (κ3) is 1.76. The molecular formula is C11H11N3O2. The molecule has 1 saturated carbocycles. The SMILES string of the molecule is O=Cc1ccn(Cc2nc(C3CC3)no2)c1. The Morgan fingerprint density at radius 1 is 1.56 bits per heavy atom. The van der Waals surface area contributed by atoms with Crippen LogP contribution in [0.4, 0.5) is 0 Å². The van der Waals surface area contributed by atoms with Gasteiger partial charge in [0.1, 0.15) is 6.54 Å². The van der Waals surface area contributed by atoms with Gasteiger partial charge < -0.3 is 9.09 Å². The van der Waals surface area contributed by atoms with Crippen molar-refractivity contribution >= 4 is 6.29 Å². The maximum atomic E-state index is 10.5. The van der Waals surface area contributed by atoms with Gasteiger partial charge in [-0.2, -0.15) is 4.98 Å². The molecule has 0 spiro atoms. The van der Waals surface area contributed by atoms with Crippen LogP contribution < -0.4 is 0 Å². The molecule has 1 aliphatic rings. The first-order valence-corrected chi connectivity index (χ1v) is 5.28. The van der Waals surface area contributed by atoms with Crippen molar-refractivity contribution < 1.29 is 9.32 Å². The average molecular weight is 217 g/mol. The van der Waals surface area contributed by atoms with E-state index in [4.69, 9.17) is 4.52 Å². The normalized spacial score (nSPS) is 15.2. The number of rotatable bonds is 4. The summed E-state index contributed by atoms with van der Waals surface area (Å²) >= 11 is 0. The Labute approximate surface area is 92.1 Å². The monoisotopic (exact) mass is 217 g/mol. The molecule has 0 unspecified atom stereocenters. The van der Waals surface area contributed by atoms with E-state index in [1.54, 1.807) is 12.3 Å². The van der Waals surface area contributed by atoms with Gasteiger partial charge in [-0.25, -0.2) is 0 Å². The fraction of sp³-hybridized carbons (Fsp3) is 0.364. The summed E-state index contributed by atoms with van der Waals surface area (Å²) in [6.45, 7) is 0.521. The summed E-state index contributed by atoms with van der Waals surface area (Å²) in [5.74, 6) is 1.92. The summed E-state index contributed by atoms with van der Waals surface area (Å²) in [6, 6.07) is 1.76. The molecule has 3 rings (SSSR count). The highest BCUT2D eigenvalue weighted by Gasteiger charge is 2.28. The molecule has 2 aromatic heterocycles. The molecule has 0 radical (unpaired) electrons. The molecule has 0 amide bonds. The highest BCUT2D eigenvalue weighted by atomic mass is 16.5. The largest absolute Gasteiger partial charge is 0.344 e. The van der Waals surface area contributed by atoms with Crippen molar-refractivity contribution in [2.24, 2.45) is 0 Å². The van der Waals surface area contributed by atoms with Crippen molar-refractivity contribution in [2.45, 2.75) is 25.3 Å². The second-order valence-corrected chi connectivity index (χ2v) is 4.06. The zero-order valence-corrected chi connectivity index (χ0v) is 8.67. The van der Waals surface area contributed by atoms with Gasteiger partial charge >= 0.3 is 0 Å². The molecule has 0 aliphatic heterocycles. The van der Waals surface area contributed by atoms with E-state index < -0.39 is 0 Å². The Kier molecular flexibility index (Phi) is 2.09. The lowest BCUT2D eigenvalue weighted by Crippen LogP contribution is -1.96. The smallest absolute Gasteiger partial charge is 0.246 e. The van der Waals surface area contributed by atoms with Crippen LogP contribution in [-0.2, 0) is 6.54 Å². The Morgan fingerprint density at radius 2 is 2.44 bits per heavy atom. The first-order valence-electron chi connectivity index (χ1n) is 5.28. The van der Waals surface area contributed by atoms with E-state index in [1.807, 2.05) is 10.8 Å². The lowest BCUT2D eigenvalue weighted by molar-refractivity contribution is 0.112. The van der Waals surface area contributed by atoms with Crippen LogP contribution in [0, 0.1) is 0 Å². The fourth-order valence-corrected chi connectivity index (χ4v) is 1.62. The molecule has 0 bridgehead atoms. The molecule has 5 nitrogen and oxygen atoms in total. The van der Waals surface area contributed by atoms with Crippen molar-refractivity contribution in [3.8, 4) is 0 Å². The molecule has 82 valence electrons. The molecule has 0 aromatic carbocycles. The van der Waals surface area contributed by atoms with Crippen LogP contribution in [0.5, 0.6) is 0 Å². The summed E-state index contributed by atoms with van der Waals surface area (Å²) in [5, 5.41) is 3.93. The van der Waals surface area contributed by atoms with Crippen LogP contribution in [0.25, 0.3) is 0 Å². The van der Waals surface area contributed by atoms with Crippen LogP contribution in [0.15, 0.2) is 23.0 Å². The summed E-state index contributed by atoms with van der Waals surface area (Å²) in [4.78, 5) is 14.8. The lowest BCUT2D eigenvalue weighted by Gasteiger charge is -1.95. The number of aldehydes is 1. The number of hydrogen-bond donors (Lipinski definition) is 0. The Morgan fingerprint density at radius 3 is 3.12 bits per heavy atom. The third-order valence-electron chi connectivity index (χ3n) is 2.65. The fourth-order valence-electron chi connectivity index (χ4n) is 1.62. The molecule has 0 atom stereocenters. The number of hydrogen-bond acceptors (Lipinski definition) is 4. The van der Waals surface area contributed by atoms with E-state index in [0.29, 0.717) is 23.9 Å². The summed E-state index contributed by atoms with van der Waals surface area (Å²) in [5.41, 5.74) is 0.655. The molecule has 2 heterocycles. The van der Waals surface area contributed by atoms with E-state index in [-0.39, 0.29) is 0 Å². The van der Waals surface area contributed by atoms with Crippen LogP contribution in [-0.4, -0.2) is 21.0 Å². The van der Waals surface area contributed by atoms with E-state index >= 15 is 0 Å².